The van der Waals surface area contributed by atoms with Gasteiger partial charge in [0.2, 0.25) is 0 Å². The predicted molar refractivity (Wildman–Crippen MR) is 95.9 cm³/mol. The summed E-state index contributed by atoms with van der Waals surface area (Å²) in [5.41, 5.74) is -0.366. The van der Waals surface area contributed by atoms with E-state index >= 15 is 0 Å². The first-order chi connectivity index (χ1) is 12.6. The molecule has 8 heteroatoms. The molecular weight excluding hydrogens is 354 g/mol. The van der Waals surface area contributed by atoms with Crippen LogP contribution in [0, 0.1) is 0 Å². The molecule has 1 aliphatic rings. The summed E-state index contributed by atoms with van der Waals surface area (Å²) in [5.74, 6) is -0.852. The van der Waals surface area contributed by atoms with Gasteiger partial charge in [0.25, 0.3) is 0 Å². The van der Waals surface area contributed by atoms with Crippen molar-refractivity contribution in [2.75, 3.05) is 14.2 Å². The Labute approximate surface area is 158 Å². The van der Waals surface area contributed by atoms with Gasteiger partial charge in [-0.1, -0.05) is 0 Å². The molecule has 1 aliphatic carbocycles. The summed E-state index contributed by atoms with van der Waals surface area (Å²) in [6.45, 7) is 5.41. The number of hydrogen-bond donors (Lipinski definition) is 1. The highest BCUT2D eigenvalue weighted by Gasteiger charge is 2.33. The quantitative estimate of drug-likeness (QED) is 0.620. The van der Waals surface area contributed by atoms with Gasteiger partial charge in [-0.2, -0.15) is 0 Å². The fraction of sp³-hybridized carbons (Fsp3) is 0.526. The molecule has 27 heavy (non-hydrogen) atoms. The molecule has 0 radical (unpaired) electrons. The van der Waals surface area contributed by atoms with Gasteiger partial charge >= 0.3 is 18.0 Å². The van der Waals surface area contributed by atoms with Crippen molar-refractivity contribution < 1.29 is 33.3 Å². The van der Waals surface area contributed by atoms with Crippen LogP contribution >= 0.6 is 0 Å². The summed E-state index contributed by atoms with van der Waals surface area (Å²) >= 11 is 0. The van der Waals surface area contributed by atoms with Crippen LogP contribution in [0.4, 0.5) is 4.79 Å². The maximum atomic E-state index is 11.9. The minimum absolute atomic E-state index is 0.0285. The van der Waals surface area contributed by atoms with E-state index in [0.717, 1.165) is 0 Å². The number of carbonyl (C=O) groups excluding carboxylic acids is 3. The molecule has 1 amide bonds. The van der Waals surface area contributed by atoms with Crippen LogP contribution in [0.3, 0.4) is 0 Å². The third-order valence-corrected chi connectivity index (χ3v) is 3.92. The number of methoxy groups -OCH3 is 2. The van der Waals surface area contributed by atoms with Crippen LogP contribution in [0.5, 0.6) is 5.75 Å². The molecule has 2 rings (SSSR count). The zero-order valence-corrected chi connectivity index (χ0v) is 16.2. The molecule has 0 bridgehead atoms. The highest BCUT2D eigenvalue weighted by Crippen LogP contribution is 2.28. The van der Waals surface area contributed by atoms with Crippen molar-refractivity contribution in [1.82, 2.24) is 5.32 Å². The second-order valence-electron chi connectivity index (χ2n) is 7.24. The molecule has 8 nitrogen and oxygen atoms in total. The number of ether oxygens (including phenoxy) is 4. The van der Waals surface area contributed by atoms with Crippen LogP contribution in [0.1, 0.15) is 54.3 Å². The topological polar surface area (TPSA) is 100 Å². The molecule has 1 fully saturated rings. The van der Waals surface area contributed by atoms with Crippen molar-refractivity contribution in [2.24, 2.45) is 0 Å². The number of rotatable bonds is 5. The lowest BCUT2D eigenvalue weighted by molar-refractivity contribution is 0.0361. The van der Waals surface area contributed by atoms with E-state index < -0.39 is 23.6 Å². The van der Waals surface area contributed by atoms with Crippen LogP contribution in [0.2, 0.25) is 0 Å². The summed E-state index contributed by atoms with van der Waals surface area (Å²) < 4.78 is 20.4. The van der Waals surface area contributed by atoms with Crippen LogP contribution in [0.25, 0.3) is 0 Å². The SMILES string of the molecule is COC(=O)c1ccc(O[C@H]2C[C@H](NC(=O)OC(C)(C)C)C2)cc1C(=O)OC. The van der Waals surface area contributed by atoms with Crippen molar-refractivity contribution in [2.45, 2.75) is 51.4 Å². The first-order valence-corrected chi connectivity index (χ1v) is 8.59. The molecule has 1 aromatic rings. The number of esters is 2. The van der Waals surface area contributed by atoms with E-state index in [9.17, 15) is 14.4 Å². The zero-order chi connectivity index (χ0) is 20.2. The maximum absolute atomic E-state index is 11.9. The average molecular weight is 379 g/mol. The van der Waals surface area contributed by atoms with Gasteiger partial charge in [0.15, 0.2) is 0 Å². The first kappa shape index (κ1) is 20.5. The Balaban J connectivity index is 1.94. The second-order valence-corrected chi connectivity index (χ2v) is 7.24. The number of nitrogens with one attached hydrogen (secondary N) is 1. The summed E-state index contributed by atoms with van der Waals surface area (Å²) in [4.78, 5) is 35.4. The average Bonchev–Trinajstić information content (AvgIpc) is 2.56. The van der Waals surface area contributed by atoms with Gasteiger partial charge in [0, 0.05) is 18.9 Å². The first-order valence-electron chi connectivity index (χ1n) is 8.59. The Hall–Kier alpha value is -2.77. The van der Waals surface area contributed by atoms with Gasteiger partial charge < -0.3 is 24.3 Å². The zero-order valence-electron chi connectivity index (χ0n) is 16.2. The van der Waals surface area contributed by atoms with Gasteiger partial charge in [0.1, 0.15) is 17.5 Å². The summed E-state index contributed by atoms with van der Waals surface area (Å²) in [5, 5.41) is 2.78. The van der Waals surface area contributed by atoms with Crippen molar-refractivity contribution in [1.29, 1.82) is 0 Å². The molecule has 0 heterocycles. The van der Waals surface area contributed by atoms with Gasteiger partial charge in [0.05, 0.1) is 25.3 Å². The van der Waals surface area contributed by atoms with Crippen LogP contribution in [-0.2, 0) is 14.2 Å². The standard InChI is InChI=1S/C19H25NO7/c1-19(2,3)27-18(23)20-11-8-13(9-11)26-12-6-7-14(16(21)24-4)15(10-12)17(22)25-5/h6-7,10-11,13H,8-9H2,1-5H3,(H,20,23)/t11-,13-. The van der Waals surface area contributed by atoms with Crippen LogP contribution in [-0.4, -0.2) is 50.0 Å². The maximum Gasteiger partial charge on any atom is 0.407 e. The van der Waals surface area contributed by atoms with E-state index in [0.29, 0.717) is 18.6 Å². The lowest BCUT2D eigenvalue weighted by Crippen LogP contribution is -2.50. The smallest absolute Gasteiger partial charge is 0.407 e. The Morgan fingerprint density at radius 1 is 1.00 bits per heavy atom. The summed E-state index contributed by atoms with van der Waals surface area (Å²) in [6.07, 6.45) is 0.665. The molecule has 148 valence electrons. The molecule has 0 spiro atoms. The Morgan fingerprint density at radius 3 is 2.15 bits per heavy atom. The minimum atomic E-state index is -0.654. The van der Waals surface area contributed by atoms with E-state index in [1.54, 1.807) is 26.8 Å². The monoisotopic (exact) mass is 379 g/mol. The van der Waals surface area contributed by atoms with Gasteiger partial charge in [-0.25, -0.2) is 14.4 Å². The Bertz CT molecular complexity index is 717. The lowest BCUT2D eigenvalue weighted by Gasteiger charge is -2.36. The van der Waals surface area contributed by atoms with E-state index in [-0.39, 0.29) is 23.3 Å². The van der Waals surface area contributed by atoms with Gasteiger partial charge in [-0.3, -0.25) is 0 Å². The molecule has 0 atom stereocenters. The largest absolute Gasteiger partial charge is 0.490 e. The molecule has 0 aliphatic heterocycles. The molecule has 0 aromatic heterocycles. The fourth-order valence-corrected chi connectivity index (χ4v) is 2.61. The van der Waals surface area contributed by atoms with Crippen LogP contribution < -0.4 is 10.1 Å². The Kier molecular flexibility index (Phi) is 6.30. The van der Waals surface area contributed by atoms with E-state index in [2.05, 4.69) is 10.1 Å². The third-order valence-electron chi connectivity index (χ3n) is 3.92. The number of benzene rings is 1. The fourth-order valence-electron chi connectivity index (χ4n) is 2.61. The lowest BCUT2D eigenvalue weighted by atomic mass is 9.89. The number of hydrogen-bond acceptors (Lipinski definition) is 7. The predicted octanol–water partition coefficient (Wildman–Crippen LogP) is 2.69. The van der Waals surface area contributed by atoms with Crippen molar-refractivity contribution in [3.05, 3.63) is 29.3 Å². The molecule has 1 aromatic carbocycles. The molecule has 1 N–H and O–H groups in total. The minimum Gasteiger partial charge on any atom is -0.490 e. The van der Waals surface area contributed by atoms with E-state index in [4.69, 9.17) is 14.2 Å². The molecule has 1 saturated carbocycles. The Morgan fingerprint density at radius 2 is 1.59 bits per heavy atom. The third kappa shape index (κ3) is 5.60. The summed E-state index contributed by atoms with van der Waals surface area (Å²) in [6, 6.07) is 4.47. The van der Waals surface area contributed by atoms with Crippen molar-refractivity contribution >= 4 is 18.0 Å². The van der Waals surface area contributed by atoms with E-state index in [1.165, 1.54) is 26.4 Å². The van der Waals surface area contributed by atoms with Crippen LogP contribution in [0.15, 0.2) is 18.2 Å². The number of carbonyl (C=O) groups is 3. The second kappa shape index (κ2) is 8.28. The number of amides is 1. The van der Waals surface area contributed by atoms with Gasteiger partial charge in [-0.15, -0.1) is 0 Å². The summed E-state index contributed by atoms with van der Waals surface area (Å²) in [7, 11) is 2.47. The normalized spacial score (nSPS) is 18.7. The molecular formula is C19H25NO7. The van der Waals surface area contributed by atoms with E-state index in [1.807, 2.05) is 0 Å². The van der Waals surface area contributed by atoms with Crippen molar-refractivity contribution in [3.8, 4) is 5.75 Å². The highest BCUT2D eigenvalue weighted by molar-refractivity contribution is 6.03. The molecule has 0 saturated heterocycles. The van der Waals surface area contributed by atoms with Gasteiger partial charge in [-0.05, 0) is 39.0 Å². The highest BCUT2D eigenvalue weighted by atomic mass is 16.6. The van der Waals surface area contributed by atoms with Crippen molar-refractivity contribution in [3.63, 3.8) is 0 Å². The number of alkyl carbamates (subject to hydrolysis) is 1. The molecule has 0 unspecified atom stereocenters.